The molecular formula is C21H25ClN4O3. The summed E-state index contributed by atoms with van der Waals surface area (Å²) in [7, 11) is 0. The van der Waals surface area contributed by atoms with Crippen molar-refractivity contribution in [3.05, 3.63) is 64.7 Å². The lowest BCUT2D eigenvalue weighted by atomic mass is 10.1. The predicted octanol–water partition coefficient (Wildman–Crippen LogP) is 2.20. The summed E-state index contributed by atoms with van der Waals surface area (Å²) >= 11 is 5.85. The molecule has 8 heteroatoms. The van der Waals surface area contributed by atoms with Crippen molar-refractivity contribution in [2.24, 2.45) is 5.92 Å². The molecule has 3 amide bonds. The second kappa shape index (κ2) is 10.2. The predicted molar refractivity (Wildman–Crippen MR) is 113 cm³/mol. The SMILES string of the molecule is O=C(NCc1ccc(Cl)cc1)Nc1ccc(CC(=O)N2CNC[C@H](CO)C2)cc1. The fourth-order valence-electron chi connectivity index (χ4n) is 3.11. The maximum Gasteiger partial charge on any atom is 0.319 e. The van der Waals surface area contributed by atoms with Gasteiger partial charge in [0.1, 0.15) is 0 Å². The Kier molecular flexibility index (Phi) is 7.46. The van der Waals surface area contributed by atoms with Crippen LogP contribution in [-0.2, 0) is 17.8 Å². The van der Waals surface area contributed by atoms with Crippen LogP contribution in [0.15, 0.2) is 48.5 Å². The van der Waals surface area contributed by atoms with Gasteiger partial charge in [-0.15, -0.1) is 0 Å². The fourth-order valence-corrected chi connectivity index (χ4v) is 3.23. The number of hydrogen-bond donors (Lipinski definition) is 4. The Morgan fingerprint density at radius 1 is 1.10 bits per heavy atom. The van der Waals surface area contributed by atoms with Crippen molar-refractivity contribution >= 4 is 29.2 Å². The molecule has 2 aromatic carbocycles. The van der Waals surface area contributed by atoms with E-state index in [0.717, 1.165) is 17.7 Å². The lowest BCUT2D eigenvalue weighted by molar-refractivity contribution is -0.132. The molecule has 7 nitrogen and oxygen atoms in total. The molecule has 1 heterocycles. The Morgan fingerprint density at radius 3 is 2.48 bits per heavy atom. The van der Waals surface area contributed by atoms with E-state index in [9.17, 15) is 14.7 Å². The van der Waals surface area contributed by atoms with Crippen LogP contribution in [0.3, 0.4) is 0 Å². The Hall–Kier alpha value is -2.61. The second-order valence-corrected chi connectivity index (χ2v) is 7.52. The summed E-state index contributed by atoms with van der Waals surface area (Å²) in [6, 6.07) is 14.2. The highest BCUT2D eigenvalue weighted by atomic mass is 35.5. The van der Waals surface area contributed by atoms with Gasteiger partial charge in [-0.3, -0.25) is 10.1 Å². The average Bonchev–Trinajstić information content (AvgIpc) is 2.74. The molecule has 3 rings (SSSR count). The summed E-state index contributed by atoms with van der Waals surface area (Å²) in [5, 5.41) is 18.6. The molecule has 154 valence electrons. The molecular weight excluding hydrogens is 392 g/mol. The van der Waals surface area contributed by atoms with E-state index in [1.165, 1.54) is 0 Å². The van der Waals surface area contributed by atoms with E-state index >= 15 is 0 Å². The highest BCUT2D eigenvalue weighted by Gasteiger charge is 2.22. The van der Waals surface area contributed by atoms with E-state index in [2.05, 4.69) is 16.0 Å². The van der Waals surface area contributed by atoms with Crippen molar-refractivity contribution in [2.45, 2.75) is 13.0 Å². The number of nitrogens with one attached hydrogen (secondary N) is 3. The first kappa shape index (κ1) is 21.1. The van der Waals surface area contributed by atoms with Crippen molar-refractivity contribution in [1.82, 2.24) is 15.5 Å². The van der Waals surface area contributed by atoms with Gasteiger partial charge in [-0.1, -0.05) is 35.9 Å². The van der Waals surface area contributed by atoms with E-state index in [4.69, 9.17) is 11.6 Å². The number of benzene rings is 2. The number of aliphatic hydroxyl groups excluding tert-OH is 1. The van der Waals surface area contributed by atoms with E-state index in [0.29, 0.717) is 30.5 Å². The minimum absolute atomic E-state index is 0.0112. The van der Waals surface area contributed by atoms with Crippen molar-refractivity contribution in [2.75, 3.05) is 31.7 Å². The molecule has 1 aliphatic rings. The van der Waals surface area contributed by atoms with Crippen LogP contribution < -0.4 is 16.0 Å². The number of urea groups is 1. The average molecular weight is 417 g/mol. The Morgan fingerprint density at radius 2 is 1.79 bits per heavy atom. The Labute approximate surface area is 175 Å². The van der Waals surface area contributed by atoms with Gasteiger partial charge in [0, 0.05) is 42.9 Å². The number of halogens is 1. The smallest absolute Gasteiger partial charge is 0.319 e. The molecule has 29 heavy (non-hydrogen) atoms. The molecule has 0 bridgehead atoms. The number of aliphatic hydroxyl groups is 1. The molecule has 0 aromatic heterocycles. The first-order valence-electron chi connectivity index (χ1n) is 9.51. The lowest BCUT2D eigenvalue weighted by Gasteiger charge is -2.32. The third kappa shape index (κ3) is 6.45. The van der Waals surface area contributed by atoms with E-state index in [1.807, 2.05) is 24.3 Å². The largest absolute Gasteiger partial charge is 0.396 e. The van der Waals surface area contributed by atoms with Crippen molar-refractivity contribution in [3.63, 3.8) is 0 Å². The van der Waals surface area contributed by atoms with Gasteiger partial charge in [0.2, 0.25) is 5.91 Å². The van der Waals surface area contributed by atoms with Gasteiger partial charge in [-0.05, 0) is 35.4 Å². The summed E-state index contributed by atoms with van der Waals surface area (Å²) in [4.78, 5) is 26.2. The highest BCUT2D eigenvalue weighted by Crippen LogP contribution is 2.13. The van der Waals surface area contributed by atoms with Crippen LogP contribution in [0.2, 0.25) is 5.02 Å². The topological polar surface area (TPSA) is 93.7 Å². The van der Waals surface area contributed by atoms with Crippen LogP contribution in [0, 0.1) is 5.92 Å². The van der Waals surface area contributed by atoms with Crippen molar-refractivity contribution < 1.29 is 14.7 Å². The van der Waals surface area contributed by atoms with Gasteiger partial charge < -0.3 is 20.6 Å². The molecule has 1 fully saturated rings. The number of nitrogens with zero attached hydrogens (tertiary/aromatic N) is 1. The standard InChI is InChI=1S/C21H25ClN4O3/c22-18-5-1-16(2-6-18)11-24-21(29)25-19-7-3-15(4-8-19)9-20(28)26-12-17(13-27)10-23-14-26/h1-8,17,23,27H,9-14H2,(H2,24,25,29)/t17-/m0/s1. The van der Waals surface area contributed by atoms with Gasteiger partial charge in [-0.25, -0.2) is 4.79 Å². The molecule has 0 radical (unpaired) electrons. The highest BCUT2D eigenvalue weighted by molar-refractivity contribution is 6.30. The number of carbonyl (C=O) groups excluding carboxylic acids is 2. The van der Waals surface area contributed by atoms with Gasteiger partial charge in [-0.2, -0.15) is 0 Å². The van der Waals surface area contributed by atoms with Crippen LogP contribution in [0.1, 0.15) is 11.1 Å². The zero-order valence-corrected chi connectivity index (χ0v) is 16.8. The van der Waals surface area contributed by atoms with Gasteiger partial charge >= 0.3 is 6.03 Å². The second-order valence-electron chi connectivity index (χ2n) is 7.08. The molecule has 1 atom stereocenters. The molecule has 2 aromatic rings. The third-order valence-electron chi connectivity index (χ3n) is 4.76. The summed E-state index contributed by atoms with van der Waals surface area (Å²) in [5.74, 6) is 0.0859. The van der Waals surface area contributed by atoms with Crippen LogP contribution in [0.25, 0.3) is 0 Å². The zero-order chi connectivity index (χ0) is 20.6. The number of amides is 3. The quantitative estimate of drug-likeness (QED) is 0.580. The first-order chi connectivity index (χ1) is 14.0. The van der Waals surface area contributed by atoms with Crippen LogP contribution in [0.4, 0.5) is 10.5 Å². The van der Waals surface area contributed by atoms with Gasteiger partial charge in [0.05, 0.1) is 13.1 Å². The third-order valence-corrected chi connectivity index (χ3v) is 5.01. The maximum atomic E-state index is 12.4. The molecule has 4 N–H and O–H groups in total. The normalized spacial score (nSPS) is 16.3. The molecule has 0 saturated carbocycles. The number of anilines is 1. The molecule has 0 spiro atoms. The number of carbonyl (C=O) groups is 2. The van der Waals surface area contributed by atoms with Gasteiger partial charge in [0.25, 0.3) is 0 Å². The van der Waals surface area contributed by atoms with Crippen molar-refractivity contribution in [1.29, 1.82) is 0 Å². The maximum absolute atomic E-state index is 12.4. The number of rotatable bonds is 6. The van der Waals surface area contributed by atoms with Crippen molar-refractivity contribution in [3.8, 4) is 0 Å². The fraction of sp³-hybridized carbons (Fsp3) is 0.333. The molecule has 1 saturated heterocycles. The summed E-state index contributed by atoms with van der Waals surface area (Å²) in [5.41, 5.74) is 2.47. The molecule has 0 unspecified atom stereocenters. The van der Waals surface area contributed by atoms with E-state index < -0.39 is 0 Å². The Balaban J connectivity index is 1.46. The minimum Gasteiger partial charge on any atom is -0.396 e. The monoisotopic (exact) mass is 416 g/mol. The van der Waals surface area contributed by atoms with Crippen LogP contribution >= 0.6 is 11.6 Å². The lowest BCUT2D eigenvalue weighted by Crippen LogP contribution is -2.51. The molecule has 0 aliphatic carbocycles. The van der Waals surface area contributed by atoms with Crippen LogP contribution in [-0.4, -0.2) is 48.3 Å². The summed E-state index contributed by atoms with van der Waals surface area (Å²) in [6.45, 7) is 2.25. The minimum atomic E-state index is -0.307. The zero-order valence-electron chi connectivity index (χ0n) is 16.0. The van der Waals surface area contributed by atoms with Crippen LogP contribution in [0.5, 0.6) is 0 Å². The number of hydrogen-bond acceptors (Lipinski definition) is 4. The summed E-state index contributed by atoms with van der Waals surface area (Å²) in [6.07, 6.45) is 0.281. The Bertz CT molecular complexity index is 827. The van der Waals surface area contributed by atoms with E-state index in [-0.39, 0.29) is 30.9 Å². The van der Waals surface area contributed by atoms with Gasteiger partial charge in [0.15, 0.2) is 0 Å². The first-order valence-corrected chi connectivity index (χ1v) is 9.89. The molecule has 1 aliphatic heterocycles. The summed E-state index contributed by atoms with van der Waals surface area (Å²) < 4.78 is 0. The van der Waals surface area contributed by atoms with E-state index in [1.54, 1.807) is 29.2 Å².